The minimum Gasteiger partial charge on any atom is -0.444 e. The number of likely N-dealkylation sites (tertiary alicyclic amines) is 1. The molecule has 1 aliphatic heterocycles. The van der Waals surface area contributed by atoms with Crippen LogP contribution in [0.2, 0.25) is 0 Å². The zero-order chi connectivity index (χ0) is 19.4. The fourth-order valence-corrected chi connectivity index (χ4v) is 3.09. The van der Waals surface area contributed by atoms with Gasteiger partial charge in [0.2, 0.25) is 5.91 Å². The molecule has 1 aliphatic rings. The summed E-state index contributed by atoms with van der Waals surface area (Å²) in [6.07, 6.45) is -0.00709. The Morgan fingerprint density at radius 2 is 1.84 bits per heavy atom. The third kappa shape index (κ3) is 7.22. The van der Waals surface area contributed by atoms with E-state index in [9.17, 15) is 14.4 Å². The van der Waals surface area contributed by atoms with Gasteiger partial charge in [-0.25, -0.2) is 4.79 Å². The summed E-state index contributed by atoms with van der Waals surface area (Å²) in [5.41, 5.74) is -0.650. The van der Waals surface area contributed by atoms with Gasteiger partial charge in [-0.05, 0) is 33.1 Å². The van der Waals surface area contributed by atoms with Crippen LogP contribution in [0.5, 0.6) is 0 Å². The number of rotatable bonds is 4. The second-order valence-electron chi connectivity index (χ2n) is 7.59. The molecule has 0 spiro atoms. The van der Waals surface area contributed by atoms with Gasteiger partial charge in [-0.15, -0.1) is 0 Å². The molecule has 0 aliphatic carbocycles. The Morgan fingerprint density at radius 1 is 1.24 bits per heavy atom. The molecule has 0 aromatic heterocycles. The van der Waals surface area contributed by atoms with E-state index in [4.69, 9.17) is 9.47 Å². The number of nitrogens with zero attached hydrogens (tertiary/aromatic N) is 1. The molecule has 1 rings (SSSR count). The van der Waals surface area contributed by atoms with Crippen LogP contribution in [-0.4, -0.2) is 52.1 Å². The van der Waals surface area contributed by atoms with Crippen LogP contribution in [0.3, 0.4) is 0 Å². The summed E-state index contributed by atoms with van der Waals surface area (Å²) in [6, 6.07) is -0.750. The Labute approximate surface area is 157 Å². The van der Waals surface area contributed by atoms with Crippen LogP contribution in [0.4, 0.5) is 4.79 Å². The van der Waals surface area contributed by atoms with Crippen molar-refractivity contribution in [2.45, 2.75) is 77.1 Å². The molecule has 0 bridgehead atoms. The quantitative estimate of drug-likeness (QED) is 0.558. The predicted octanol–water partition coefficient (Wildman–Crippen LogP) is 2.81. The van der Waals surface area contributed by atoms with Gasteiger partial charge in [0.05, 0.1) is 0 Å². The van der Waals surface area contributed by atoms with E-state index < -0.39 is 29.9 Å². The van der Waals surface area contributed by atoms with E-state index in [1.54, 1.807) is 20.8 Å². The summed E-state index contributed by atoms with van der Waals surface area (Å²) >= 11 is 3.52. The zero-order valence-corrected chi connectivity index (χ0v) is 17.4. The topological polar surface area (TPSA) is 84.9 Å². The Balaban J connectivity index is 2.88. The Kier molecular flexibility index (Phi) is 7.71. The summed E-state index contributed by atoms with van der Waals surface area (Å²) in [4.78, 5) is 38.1. The van der Waals surface area contributed by atoms with Gasteiger partial charge in [0.25, 0.3) is 0 Å². The Bertz CT molecular complexity index is 504. The number of alkyl carbamates (subject to hydrolysis) is 1. The molecule has 0 aromatic carbocycles. The molecule has 0 aromatic rings. The highest BCUT2D eigenvalue weighted by Gasteiger charge is 2.38. The summed E-state index contributed by atoms with van der Waals surface area (Å²) in [5, 5.41) is 2.65. The van der Waals surface area contributed by atoms with Gasteiger partial charge < -0.3 is 19.7 Å². The summed E-state index contributed by atoms with van der Waals surface area (Å²) in [6.45, 7) is 10.7. The number of hydrogen-bond donors (Lipinski definition) is 1. The van der Waals surface area contributed by atoms with Crippen molar-refractivity contribution in [2.24, 2.45) is 5.92 Å². The number of alkyl halides is 1. The minimum absolute atomic E-state index is 0.139. The van der Waals surface area contributed by atoms with Crippen LogP contribution in [0.25, 0.3) is 0 Å². The molecule has 1 N–H and O–H groups in total. The van der Waals surface area contributed by atoms with Crippen molar-refractivity contribution in [2.75, 3.05) is 6.54 Å². The van der Waals surface area contributed by atoms with Crippen LogP contribution in [0.15, 0.2) is 0 Å². The Morgan fingerprint density at radius 3 is 2.32 bits per heavy atom. The molecule has 3 atom stereocenters. The van der Waals surface area contributed by atoms with E-state index in [0.717, 1.165) is 6.42 Å². The number of halogens is 1. The largest absolute Gasteiger partial charge is 0.444 e. The first-order valence-electron chi connectivity index (χ1n) is 8.52. The van der Waals surface area contributed by atoms with Gasteiger partial charge in [0.15, 0.2) is 6.23 Å². The van der Waals surface area contributed by atoms with Gasteiger partial charge >= 0.3 is 12.1 Å². The van der Waals surface area contributed by atoms with E-state index in [-0.39, 0.29) is 16.7 Å². The lowest BCUT2D eigenvalue weighted by Crippen LogP contribution is -2.57. The number of esters is 1. The third-order valence-corrected chi connectivity index (χ3v) is 4.51. The molecule has 1 saturated heterocycles. The fourth-order valence-electron chi connectivity index (χ4n) is 2.57. The van der Waals surface area contributed by atoms with E-state index in [2.05, 4.69) is 21.2 Å². The highest BCUT2D eigenvalue weighted by molar-refractivity contribution is 9.09. The maximum absolute atomic E-state index is 13.0. The monoisotopic (exact) mass is 420 g/mol. The van der Waals surface area contributed by atoms with Gasteiger partial charge in [-0.1, -0.05) is 29.8 Å². The average Bonchev–Trinajstić information content (AvgIpc) is 2.41. The molecular formula is C17H29BrN2O5. The second kappa shape index (κ2) is 8.87. The lowest BCUT2D eigenvalue weighted by Gasteiger charge is -2.39. The fraction of sp³-hybridized carbons (Fsp3) is 0.824. The molecule has 0 unspecified atom stereocenters. The number of nitrogens with one attached hydrogen (secondary N) is 1. The van der Waals surface area contributed by atoms with Crippen molar-refractivity contribution in [3.05, 3.63) is 0 Å². The van der Waals surface area contributed by atoms with Gasteiger partial charge in [-0.3, -0.25) is 9.59 Å². The first kappa shape index (κ1) is 21.7. The molecule has 0 radical (unpaired) electrons. The molecule has 0 saturated carbocycles. The van der Waals surface area contributed by atoms with Crippen molar-refractivity contribution >= 4 is 33.9 Å². The lowest BCUT2D eigenvalue weighted by atomic mass is 10.0. The standard InChI is InChI=1S/C17H29BrN2O5/c1-10(2)14(19-16(23)25-17(4,5)6)15(22)20-8-7-12(18)9-13(20)24-11(3)21/h10,12-14H,7-9H2,1-6H3,(H,19,23)/t12-,13-,14+/m0/s1. The van der Waals surface area contributed by atoms with Crippen molar-refractivity contribution in [3.8, 4) is 0 Å². The normalized spacial score (nSPS) is 22.3. The molecule has 7 nitrogen and oxygen atoms in total. The SMILES string of the molecule is CC(=O)O[C@H]1C[C@@H](Br)CCN1C(=O)[C@H](NC(=O)OC(C)(C)C)C(C)C. The highest BCUT2D eigenvalue weighted by Crippen LogP contribution is 2.25. The van der Waals surface area contributed by atoms with Crippen molar-refractivity contribution in [1.29, 1.82) is 0 Å². The molecule has 144 valence electrons. The predicted molar refractivity (Wildman–Crippen MR) is 97.2 cm³/mol. The van der Waals surface area contributed by atoms with E-state index in [1.165, 1.54) is 11.8 Å². The minimum atomic E-state index is -0.750. The maximum atomic E-state index is 13.0. The number of ether oxygens (including phenoxy) is 2. The van der Waals surface area contributed by atoms with Gasteiger partial charge in [0.1, 0.15) is 11.6 Å². The van der Waals surface area contributed by atoms with E-state index >= 15 is 0 Å². The van der Waals surface area contributed by atoms with Crippen LogP contribution in [0.1, 0.15) is 54.4 Å². The third-order valence-electron chi connectivity index (χ3n) is 3.68. The van der Waals surface area contributed by atoms with E-state index in [0.29, 0.717) is 13.0 Å². The highest BCUT2D eigenvalue weighted by atomic mass is 79.9. The summed E-state index contributed by atoms with van der Waals surface area (Å²) in [7, 11) is 0. The molecule has 1 heterocycles. The van der Waals surface area contributed by atoms with Crippen LogP contribution in [-0.2, 0) is 19.1 Å². The first-order valence-corrected chi connectivity index (χ1v) is 9.43. The molecular weight excluding hydrogens is 392 g/mol. The summed E-state index contributed by atoms with van der Waals surface area (Å²) in [5.74, 6) is -0.850. The van der Waals surface area contributed by atoms with E-state index in [1.807, 2.05) is 13.8 Å². The number of amides is 2. The molecule has 2 amide bonds. The first-order chi connectivity index (χ1) is 11.4. The van der Waals surface area contributed by atoms with Crippen molar-refractivity contribution in [3.63, 3.8) is 0 Å². The molecule has 8 heteroatoms. The van der Waals surface area contributed by atoms with Crippen LogP contribution >= 0.6 is 15.9 Å². The molecule has 25 heavy (non-hydrogen) atoms. The number of piperidine rings is 1. The summed E-state index contributed by atoms with van der Waals surface area (Å²) < 4.78 is 10.6. The average molecular weight is 421 g/mol. The van der Waals surface area contributed by atoms with Crippen molar-refractivity contribution < 1.29 is 23.9 Å². The number of hydrogen-bond acceptors (Lipinski definition) is 5. The number of carbonyl (C=O) groups excluding carboxylic acids is 3. The Hall–Kier alpha value is -1.31. The number of carbonyl (C=O) groups is 3. The molecule has 1 fully saturated rings. The van der Waals surface area contributed by atoms with Gasteiger partial charge in [-0.2, -0.15) is 0 Å². The lowest BCUT2D eigenvalue weighted by molar-refractivity contribution is -0.167. The smallest absolute Gasteiger partial charge is 0.408 e. The van der Waals surface area contributed by atoms with Gasteiger partial charge in [0, 0.05) is 24.7 Å². The zero-order valence-electron chi connectivity index (χ0n) is 15.8. The van der Waals surface area contributed by atoms with Crippen LogP contribution in [0, 0.1) is 5.92 Å². The maximum Gasteiger partial charge on any atom is 0.408 e. The van der Waals surface area contributed by atoms with Crippen LogP contribution < -0.4 is 5.32 Å². The second-order valence-corrected chi connectivity index (χ2v) is 8.88. The van der Waals surface area contributed by atoms with Crippen molar-refractivity contribution in [1.82, 2.24) is 10.2 Å².